The minimum atomic E-state index is -3.66. The second-order valence-electron chi connectivity index (χ2n) is 5.20. The maximum atomic E-state index is 12.0. The summed E-state index contributed by atoms with van der Waals surface area (Å²) in [6.45, 7) is 1.93. The molecule has 1 rings (SSSR count). The molecule has 9 heteroatoms. The van der Waals surface area contributed by atoms with Crippen molar-refractivity contribution >= 4 is 33.2 Å². The van der Waals surface area contributed by atoms with E-state index in [1.165, 1.54) is 13.0 Å². The fourth-order valence-electron chi connectivity index (χ4n) is 1.97. The lowest BCUT2D eigenvalue weighted by Gasteiger charge is -2.22. The van der Waals surface area contributed by atoms with Crippen molar-refractivity contribution < 1.29 is 22.7 Å². The summed E-state index contributed by atoms with van der Waals surface area (Å²) in [7, 11) is -2.09. The molecule has 0 fully saturated rings. The van der Waals surface area contributed by atoms with Crippen LogP contribution in [0.3, 0.4) is 0 Å². The molecule has 8 nitrogen and oxygen atoms in total. The van der Waals surface area contributed by atoms with Crippen molar-refractivity contribution in [2.75, 3.05) is 42.7 Å². The second-order valence-corrected chi connectivity index (χ2v) is 7.10. The van der Waals surface area contributed by atoms with Crippen molar-refractivity contribution in [3.8, 4) is 0 Å². The van der Waals surface area contributed by atoms with E-state index in [4.69, 9.17) is 4.74 Å². The zero-order chi connectivity index (χ0) is 18.2. The molecule has 2 N–H and O–H groups in total. The lowest BCUT2D eigenvalue weighted by atomic mass is 10.2. The van der Waals surface area contributed by atoms with Crippen LogP contribution in [0, 0.1) is 0 Å². The number of hydrogen-bond donors (Lipinski definition) is 2. The molecule has 1 aromatic rings. The van der Waals surface area contributed by atoms with Crippen LogP contribution in [0.2, 0.25) is 0 Å². The molecule has 2 amide bonds. The second kappa shape index (κ2) is 9.24. The number of sulfonamides is 1. The van der Waals surface area contributed by atoms with E-state index in [1.54, 1.807) is 25.3 Å². The summed E-state index contributed by atoms with van der Waals surface area (Å²) in [6, 6.07) is 6.30. The number of nitrogens with zero attached hydrogens (tertiary/aromatic N) is 1. The van der Waals surface area contributed by atoms with Crippen LogP contribution in [-0.4, -0.2) is 53.3 Å². The normalized spacial score (nSPS) is 11.0. The number of ether oxygens (including phenoxy) is 1. The first kappa shape index (κ1) is 19.9. The molecule has 0 spiro atoms. The standard InChI is InChI=1S/C15H23N3O5S/c1-12(19)17-13-6-4-7-14(10-13)18(24(3,21)22)11-15(20)16-8-5-9-23-2/h4,6-7,10H,5,8-9,11H2,1-3H3,(H,16,20)(H,17,19). The van der Waals surface area contributed by atoms with Gasteiger partial charge in [0.05, 0.1) is 11.9 Å². The molecule has 0 aliphatic carbocycles. The lowest BCUT2D eigenvalue weighted by Crippen LogP contribution is -2.40. The molecule has 0 saturated carbocycles. The summed E-state index contributed by atoms with van der Waals surface area (Å²) in [5.74, 6) is -0.685. The fraction of sp³-hybridized carbons (Fsp3) is 0.467. The molecule has 134 valence electrons. The van der Waals surface area contributed by atoms with Crippen LogP contribution >= 0.6 is 0 Å². The highest BCUT2D eigenvalue weighted by Gasteiger charge is 2.21. The van der Waals surface area contributed by atoms with Crippen molar-refractivity contribution in [3.63, 3.8) is 0 Å². The molecule has 0 aliphatic rings. The minimum Gasteiger partial charge on any atom is -0.385 e. The Morgan fingerprint density at radius 2 is 2.00 bits per heavy atom. The Morgan fingerprint density at radius 1 is 1.29 bits per heavy atom. The largest absolute Gasteiger partial charge is 0.385 e. The molecular weight excluding hydrogens is 334 g/mol. The predicted octanol–water partition coefficient (Wildman–Crippen LogP) is 0.564. The summed E-state index contributed by atoms with van der Waals surface area (Å²) >= 11 is 0. The van der Waals surface area contributed by atoms with Gasteiger partial charge in [0.1, 0.15) is 6.54 Å². The summed E-state index contributed by atoms with van der Waals surface area (Å²) in [4.78, 5) is 23.1. The number of carbonyl (C=O) groups is 2. The third-order valence-corrected chi connectivity index (χ3v) is 4.13. The average molecular weight is 357 g/mol. The van der Waals surface area contributed by atoms with Crippen LogP contribution in [-0.2, 0) is 24.3 Å². The zero-order valence-corrected chi connectivity index (χ0v) is 14.9. The van der Waals surface area contributed by atoms with Gasteiger partial charge < -0.3 is 15.4 Å². The van der Waals surface area contributed by atoms with Crippen molar-refractivity contribution in [1.82, 2.24) is 5.32 Å². The van der Waals surface area contributed by atoms with Gasteiger partial charge in [0.15, 0.2) is 0 Å². The predicted molar refractivity (Wildman–Crippen MR) is 92.4 cm³/mol. The van der Waals surface area contributed by atoms with Crippen LogP contribution < -0.4 is 14.9 Å². The van der Waals surface area contributed by atoms with Crippen LogP contribution in [0.15, 0.2) is 24.3 Å². The van der Waals surface area contributed by atoms with Gasteiger partial charge in [-0.2, -0.15) is 0 Å². The first-order chi connectivity index (χ1) is 11.2. The number of hydrogen-bond acceptors (Lipinski definition) is 5. The van der Waals surface area contributed by atoms with Crippen molar-refractivity contribution in [1.29, 1.82) is 0 Å². The molecule has 24 heavy (non-hydrogen) atoms. The maximum Gasteiger partial charge on any atom is 0.240 e. The van der Waals surface area contributed by atoms with Gasteiger partial charge in [-0.25, -0.2) is 8.42 Å². The van der Waals surface area contributed by atoms with E-state index in [9.17, 15) is 18.0 Å². The van der Waals surface area contributed by atoms with Gasteiger partial charge in [0.2, 0.25) is 21.8 Å². The zero-order valence-electron chi connectivity index (χ0n) is 14.0. The van der Waals surface area contributed by atoms with Crippen LogP contribution in [0.1, 0.15) is 13.3 Å². The molecule has 0 bridgehead atoms. The SMILES string of the molecule is COCCCNC(=O)CN(c1cccc(NC(C)=O)c1)S(C)(=O)=O. The monoisotopic (exact) mass is 357 g/mol. The fourth-order valence-corrected chi connectivity index (χ4v) is 2.82. The summed E-state index contributed by atoms with van der Waals surface area (Å²) in [5.41, 5.74) is 0.755. The van der Waals surface area contributed by atoms with E-state index < -0.39 is 15.9 Å². The average Bonchev–Trinajstić information content (AvgIpc) is 2.47. The van der Waals surface area contributed by atoms with Gasteiger partial charge in [-0.1, -0.05) is 6.07 Å². The molecule has 0 atom stereocenters. The van der Waals surface area contributed by atoms with Gasteiger partial charge in [-0.15, -0.1) is 0 Å². The number of amides is 2. The van der Waals surface area contributed by atoms with E-state index in [2.05, 4.69) is 10.6 Å². The number of methoxy groups -OCH3 is 1. The Bertz CT molecular complexity index is 675. The minimum absolute atomic E-state index is 0.269. The molecule has 0 aliphatic heterocycles. The number of anilines is 2. The van der Waals surface area contributed by atoms with Crippen LogP contribution in [0.25, 0.3) is 0 Å². The highest BCUT2D eigenvalue weighted by Crippen LogP contribution is 2.21. The van der Waals surface area contributed by atoms with Gasteiger partial charge >= 0.3 is 0 Å². The Balaban J connectivity index is 2.87. The van der Waals surface area contributed by atoms with Crippen molar-refractivity contribution in [2.24, 2.45) is 0 Å². The van der Waals surface area contributed by atoms with Gasteiger partial charge in [0, 0.05) is 32.9 Å². The number of nitrogens with one attached hydrogen (secondary N) is 2. The first-order valence-corrected chi connectivity index (χ1v) is 9.20. The Hall–Kier alpha value is -2.13. The van der Waals surface area contributed by atoms with E-state index >= 15 is 0 Å². The first-order valence-electron chi connectivity index (χ1n) is 7.35. The molecule has 1 aromatic carbocycles. The number of rotatable bonds is 9. The molecule has 0 radical (unpaired) electrons. The van der Waals surface area contributed by atoms with Crippen LogP contribution in [0.4, 0.5) is 11.4 Å². The lowest BCUT2D eigenvalue weighted by molar-refractivity contribution is -0.119. The smallest absolute Gasteiger partial charge is 0.240 e. The molecule has 0 unspecified atom stereocenters. The summed E-state index contributed by atoms with van der Waals surface area (Å²) in [5, 5.41) is 5.22. The molecule has 0 heterocycles. The third kappa shape index (κ3) is 6.97. The Labute approximate surface area is 142 Å². The quantitative estimate of drug-likeness (QED) is 0.629. The van der Waals surface area contributed by atoms with E-state index in [0.717, 1.165) is 10.6 Å². The van der Waals surface area contributed by atoms with Crippen molar-refractivity contribution in [2.45, 2.75) is 13.3 Å². The molecule has 0 saturated heterocycles. The van der Waals surface area contributed by atoms with Gasteiger partial charge in [-0.3, -0.25) is 13.9 Å². The number of benzene rings is 1. The molecule has 0 aromatic heterocycles. The van der Waals surface area contributed by atoms with Crippen LogP contribution in [0.5, 0.6) is 0 Å². The molecular formula is C15H23N3O5S. The topological polar surface area (TPSA) is 105 Å². The van der Waals surface area contributed by atoms with Gasteiger partial charge in [-0.05, 0) is 24.6 Å². The van der Waals surface area contributed by atoms with Crippen molar-refractivity contribution in [3.05, 3.63) is 24.3 Å². The Morgan fingerprint density at radius 3 is 2.58 bits per heavy atom. The van der Waals surface area contributed by atoms with Gasteiger partial charge in [0.25, 0.3) is 0 Å². The van der Waals surface area contributed by atoms with E-state index in [0.29, 0.717) is 30.9 Å². The number of carbonyl (C=O) groups excluding carboxylic acids is 2. The highest BCUT2D eigenvalue weighted by molar-refractivity contribution is 7.92. The maximum absolute atomic E-state index is 12.0. The summed E-state index contributed by atoms with van der Waals surface area (Å²) in [6.07, 6.45) is 1.66. The Kier molecular flexibility index (Phi) is 7.66. The van der Waals surface area contributed by atoms with E-state index in [1.807, 2.05) is 0 Å². The summed E-state index contributed by atoms with van der Waals surface area (Å²) < 4.78 is 29.9. The highest BCUT2D eigenvalue weighted by atomic mass is 32.2. The third-order valence-electron chi connectivity index (χ3n) is 2.99. The van der Waals surface area contributed by atoms with E-state index in [-0.39, 0.29) is 12.5 Å².